The van der Waals surface area contributed by atoms with Crippen molar-refractivity contribution < 1.29 is 32.4 Å². The molecule has 0 aromatic carbocycles. The van der Waals surface area contributed by atoms with Gasteiger partial charge in [-0.25, -0.2) is 17.5 Å². The SMILES string of the molecule is CCCC(CC(=O)[C@@H]1[C@H]2CCC3(CC3)[C@H]2CN1C(=O)[C@@H](NC(=O)N[C@H](CN(C)S(C)(=O)=O)C(C)(C)C)C1CCCCC1)C(=O)C(=O)CC1CC1. The fraction of sp³-hybridized carbons (Fsp3) is 0.868. The number of ketones is 3. The number of hydrogen-bond donors (Lipinski definition) is 2. The summed E-state index contributed by atoms with van der Waals surface area (Å²) >= 11 is 0. The van der Waals surface area contributed by atoms with Crippen LogP contribution in [-0.4, -0.2) is 91.4 Å². The molecule has 282 valence electrons. The summed E-state index contributed by atoms with van der Waals surface area (Å²) in [7, 11) is -2.00. The van der Waals surface area contributed by atoms with Gasteiger partial charge >= 0.3 is 6.03 Å². The van der Waals surface area contributed by atoms with Crippen molar-refractivity contribution in [1.29, 1.82) is 0 Å². The molecule has 1 saturated heterocycles. The number of likely N-dealkylation sites (N-methyl/N-ethyl adjacent to an activating group) is 1. The summed E-state index contributed by atoms with van der Waals surface area (Å²) in [4.78, 5) is 71.0. The number of nitrogens with one attached hydrogen (secondary N) is 2. The van der Waals surface area contributed by atoms with Crippen LogP contribution in [0.25, 0.3) is 0 Å². The molecule has 11 nitrogen and oxygen atoms in total. The highest BCUT2D eigenvalue weighted by Gasteiger charge is 2.63. The Morgan fingerprint density at radius 1 is 0.940 bits per heavy atom. The van der Waals surface area contributed by atoms with Gasteiger partial charge in [-0.3, -0.25) is 19.2 Å². The van der Waals surface area contributed by atoms with Crippen LogP contribution in [0.1, 0.15) is 124 Å². The zero-order chi connectivity index (χ0) is 36.6. The lowest BCUT2D eigenvalue weighted by molar-refractivity contribution is -0.143. The summed E-state index contributed by atoms with van der Waals surface area (Å²) in [5.74, 6) is -1.38. The molecule has 1 unspecified atom stereocenters. The topological polar surface area (TPSA) is 150 Å². The van der Waals surface area contributed by atoms with Crippen molar-refractivity contribution in [2.24, 2.45) is 40.4 Å². The molecular formula is C38H62N4O7S. The Bertz CT molecular complexity index is 1410. The summed E-state index contributed by atoms with van der Waals surface area (Å²) in [6, 6.07) is -2.56. The average molecular weight is 719 g/mol. The number of carbonyl (C=O) groups is 5. The van der Waals surface area contributed by atoms with E-state index in [0.717, 1.165) is 76.9 Å². The number of rotatable bonds is 16. The largest absolute Gasteiger partial charge is 0.334 e. The molecule has 2 N–H and O–H groups in total. The summed E-state index contributed by atoms with van der Waals surface area (Å²) < 4.78 is 25.7. The smallest absolute Gasteiger partial charge is 0.315 e. The number of carbonyl (C=O) groups excluding carboxylic acids is 5. The molecule has 5 rings (SSSR count). The Hall–Kier alpha value is -2.34. The Labute approximate surface area is 299 Å². The minimum absolute atomic E-state index is 0.0196. The van der Waals surface area contributed by atoms with Crippen molar-refractivity contribution in [3.63, 3.8) is 0 Å². The van der Waals surface area contributed by atoms with Crippen LogP contribution >= 0.6 is 0 Å². The zero-order valence-corrected chi connectivity index (χ0v) is 32.1. The standard InChI is InChI=1S/C38H62N4O7S/c1-7-11-26(34(45)30(44)20-24-14-15-24)21-29(43)33-27-16-17-38(18-19-38)28(27)22-42(33)35(46)32(25-12-9-8-10-13-25)40-36(47)39-31(37(2,3)4)23-41(5)50(6,48)49/h24-28,31-33H,7-23H2,1-6H3,(H2,39,40,47)/t26?,27-,28-,31+,32-,33-/m0/s1. The summed E-state index contributed by atoms with van der Waals surface area (Å²) in [6.45, 7) is 8.30. The van der Waals surface area contributed by atoms with Gasteiger partial charge < -0.3 is 15.5 Å². The first-order chi connectivity index (χ1) is 23.4. The van der Waals surface area contributed by atoms with Gasteiger partial charge in [0.05, 0.1) is 12.3 Å². The second kappa shape index (κ2) is 15.3. The third-order valence-electron chi connectivity index (χ3n) is 12.9. The molecule has 5 fully saturated rings. The zero-order valence-electron chi connectivity index (χ0n) is 31.3. The number of nitrogens with zero attached hydrogens (tertiary/aromatic N) is 2. The molecule has 0 aromatic rings. The lowest BCUT2D eigenvalue weighted by Gasteiger charge is -2.37. The molecule has 1 heterocycles. The normalized spacial score (nSPS) is 26.7. The molecule has 0 bridgehead atoms. The second-order valence-corrected chi connectivity index (χ2v) is 19.7. The molecule has 1 aliphatic heterocycles. The number of Topliss-reactive ketones (excluding diaryl/α,β-unsaturated/α-hetero) is 3. The fourth-order valence-corrected chi connectivity index (χ4v) is 9.65. The van der Waals surface area contributed by atoms with Crippen LogP contribution in [0.3, 0.4) is 0 Å². The molecule has 0 radical (unpaired) electrons. The molecule has 1 spiro atoms. The summed E-state index contributed by atoms with van der Waals surface area (Å²) in [5.41, 5.74) is -0.302. The molecular weight excluding hydrogens is 657 g/mol. The number of sulfonamides is 1. The molecule has 6 atom stereocenters. The van der Waals surface area contributed by atoms with Gasteiger partial charge in [0.2, 0.25) is 21.7 Å². The van der Waals surface area contributed by atoms with Gasteiger partial charge in [0.1, 0.15) is 6.04 Å². The minimum Gasteiger partial charge on any atom is -0.334 e. The number of amides is 3. The molecule has 5 aliphatic rings. The molecule has 12 heteroatoms. The van der Waals surface area contributed by atoms with Gasteiger partial charge in [0, 0.05) is 44.9 Å². The molecule has 3 amide bonds. The van der Waals surface area contributed by atoms with Crippen molar-refractivity contribution in [2.75, 3.05) is 26.4 Å². The quantitative estimate of drug-likeness (QED) is 0.216. The molecule has 4 aliphatic carbocycles. The number of hydrogen-bond acceptors (Lipinski definition) is 7. The third-order valence-corrected chi connectivity index (χ3v) is 14.1. The van der Waals surface area contributed by atoms with Crippen LogP contribution in [-0.2, 0) is 29.2 Å². The van der Waals surface area contributed by atoms with E-state index in [2.05, 4.69) is 10.6 Å². The first-order valence-corrected chi connectivity index (χ1v) is 21.2. The van der Waals surface area contributed by atoms with E-state index < -0.39 is 51.3 Å². The van der Waals surface area contributed by atoms with E-state index in [4.69, 9.17) is 0 Å². The van der Waals surface area contributed by atoms with Gasteiger partial charge in [0.25, 0.3) is 0 Å². The van der Waals surface area contributed by atoms with Crippen LogP contribution in [0.15, 0.2) is 0 Å². The monoisotopic (exact) mass is 718 g/mol. The Morgan fingerprint density at radius 3 is 2.16 bits per heavy atom. The molecule has 50 heavy (non-hydrogen) atoms. The van der Waals surface area contributed by atoms with E-state index in [-0.39, 0.29) is 60.0 Å². The number of likely N-dealkylation sites (tertiary alicyclic amines) is 1. The van der Waals surface area contributed by atoms with Crippen molar-refractivity contribution in [3.8, 4) is 0 Å². The van der Waals surface area contributed by atoms with Crippen LogP contribution in [0.2, 0.25) is 0 Å². The average Bonchev–Trinajstić information content (AvgIpc) is 3.96. The van der Waals surface area contributed by atoms with Gasteiger partial charge in [-0.1, -0.05) is 53.4 Å². The van der Waals surface area contributed by atoms with Crippen molar-refractivity contribution in [1.82, 2.24) is 19.8 Å². The van der Waals surface area contributed by atoms with E-state index in [1.54, 1.807) is 4.90 Å². The van der Waals surface area contributed by atoms with Crippen LogP contribution in [0, 0.1) is 40.4 Å². The maximum atomic E-state index is 14.9. The lowest BCUT2D eigenvalue weighted by atomic mass is 9.81. The van der Waals surface area contributed by atoms with Crippen molar-refractivity contribution >= 4 is 39.3 Å². The van der Waals surface area contributed by atoms with Gasteiger partial charge in [-0.05, 0) is 92.3 Å². The Morgan fingerprint density at radius 2 is 1.60 bits per heavy atom. The number of urea groups is 1. The lowest BCUT2D eigenvalue weighted by Crippen LogP contribution is -2.60. The van der Waals surface area contributed by atoms with Crippen LogP contribution in [0.4, 0.5) is 4.79 Å². The second-order valence-electron chi connectivity index (χ2n) is 17.7. The highest BCUT2D eigenvalue weighted by atomic mass is 32.2. The highest BCUT2D eigenvalue weighted by molar-refractivity contribution is 7.88. The number of fused-ring (bicyclic) bond motifs is 2. The van der Waals surface area contributed by atoms with E-state index in [9.17, 15) is 32.4 Å². The summed E-state index contributed by atoms with van der Waals surface area (Å²) in [6.07, 6.45) is 13.1. The highest BCUT2D eigenvalue weighted by Crippen LogP contribution is 2.66. The van der Waals surface area contributed by atoms with Gasteiger partial charge in [0.15, 0.2) is 11.6 Å². The first kappa shape index (κ1) is 38.9. The Kier molecular flexibility index (Phi) is 11.9. The fourth-order valence-electron chi connectivity index (χ4n) is 9.23. The van der Waals surface area contributed by atoms with E-state index in [1.807, 2.05) is 27.7 Å². The van der Waals surface area contributed by atoms with Gasteiger partial charge in [-0.15, -0.1) is 0 Å². The summed E-state index contributed by atoms with van der Waals surface area (Å²) in [5, 5.41) is 6.03. The minimum atomic E-state index is -3.48. The van der Waals surface area contributed by atoms with Crippen molar-refractivity contribution in [3.05, 3.63) is 0 Å². The van der Waals surface area contributed by atoms with Crippen LogP contribution in [0.5, 0.6) is 0 Å². The van der Waals surface area contributed by atoms with Crippen molar-refractivity contribution in [2.45, 2.75) is 142 Å². The van der Waals surface area contributed by atoms with E-state index in [0.29, 0.717) is 25.3 Å². The van der Waals surface area contributed by atoms with Crippen LogP contribution < -0.4 is 10.6 Å². The van der Waals surface area contributed by atoms with E-state index in [1.165, 1.54) is 11.4 Å². The predicted molar refractivity (Wildman–Crippen MR) is 192 cm³/mol. The third kappa shape index (κ3) is 8.99. The predicted octanol–water partition coefficient (Wildman–Crippen LogP) is 4.87. The maximum absolute atomic E-state index is 14.9. The molecule has 0 aromatic heterocycles. The van der Waals surface area contributed by atoms with Gasteiger partial charge in [-0.2, -0.15) is 0 Å². The Balaban J connectivity index is 1.38. The first-order valence-electron chi connectivity index (χ1n) is 19.3. The molecule has 4 saturated carbocycles. The maximum Gasteiger partial charge on any atom is 0.315 e. The van der Waals surface area contributed by atoms with E-state index >= 15 is 0 Å².